The van der Waals surface area contributed by atoms with Crippen molar-refractivity contribution in [1.29, 1.82) is 0 Å². The molecule has 0 aliphatic carbocycles. The average Bonchev–Trinajstić information content (AvgIpc) is 1.00. The van der Waals surface area contributed by atoms with Gasteiger partial charge in [0.15, 0.2) is 0 Å². The number of halogens is 2. The molecule has 0 spiro atoms. The van der Waals surface area contributed by atoms with E-state index >= 15 is 0 Å². The van der Waals surface area contributed by atoms with Crippen molar-refractivity contribution in [1.82, 2.24) is 0 Å². The van der Waals surface area contributed by atoms with Crippen LogP contribution in [-0.2, 0) is 4.79 Å². The Morgan fingerprint density at radius 1 is 0.833 bits per heavy atom. The third-order valence-electron chi connectivity index (χ3n) is 0. The summed E-state index contributed by atoms with van der Waals surface area (Å²) in [5.41, 5.74) is 0. The van der Waals surface area contributed by atoms with E-state index in [1.165, 1.54) is 0 Å². The zero-order chi connectivity index (χ0) is 2.00. The molecule has 0 saturated heterocycles. The summed E-state index contributed by atoms with van der Waals surface area (Å²) in [4.78, 5) is 8.00. The van der Waals surface area contributed by atoms with Gasteiger partial charge in [-0.05, 0) is 0 Å². The Hall–Kier alpha value is 0.170. The Labute approximate surface area is 48.2 Å². The first-order valence-electron chi connectivity index (χ1n) is 0.289. The van der Waals surface area contributed by atoms with E-state index in [1.54, 1.807) is 0 Å². The van der Waals surface area contributed by atoms with Gasteiger partial charge < -0.3 is 15.7 Å². The van der Waals surface area contributed by atoms with E-state index in [2.05, 4.69) is 0 Å². The number of hydrogen-bond donors (Lipinski definition) is 0. The molecule has 3 nitrogen and oxygen atoms in total. The summed E-state index contributed by atoms with van der Waals surface area (Å²) in [6.45, 7) is 2.00. The summed E-state index contributed by atoms with van der Waals surface area (Å²) in [6.07, 6.45) is 0. The maximum atomic E-state index is 8.00. The van der Waals surface area contributed by atoms with E-state index in [9.17, 15) is 0 Å². The second-order valence-corrected chi connectivity index (χ2v) is 0. The van der Waals surface area contributed by atoms with Gasteiger partial charge in [0.1, 0.15) is 6.79 Å². The van der Waals surface area contributed by atoms with Crippen LogP contribution in [0.1, 0.15) is 0 Å². The Morgan fingerprint density at radius 2 is 0.833 bits per heavy atom. The molecule has 0 bridgehead atoms. The number of rotatable bonds is 0. The van der Waals surface area contributed by atoms with Crippen LogP contribution >= 0.6 is 24.8 Å². The first kappa shape index (κ1) is 120. The maximum absolute atomic E-state index is 8.00. The van der Waals surface area contributed by atoms with E-state index in [-0.39, 0.29) is 35.8 Å². The van der Waals surface area contributed by atoms with Crippen LogP contribution in [0.3, 0.4) is 0 Å². The molecule has 0 radical (unpaired) electrons. The highest BCUT2D eigenvalue weighted by Gasteiger charge is 0.636. The molecule has 6 heavy (non-hydrogen) atoms. The van der Waals surface area contributed by atoms with Gasteiger partial charge in [0, 0.05) is 0 Å². The molecule has 0 rings (SSSR count). The monoisotopic (exact) mass is 138 g/mol. The highest BCUT2D eigenvalue weighted by molar-refractivity contribution is 5.85. The number of carbonyl (C=O) groups excluding carboxylic acids is 1. The van der Waals surface area contributed by atoms with Gasteiger partial charge in [-0.3, -0.25) is 0 Å². The minimum absolute atomic E-state index is 0. The van der Waals surface area contributed by atoms with Gasteiger partial charge in [-0.25, -0.2) is 0 Å². The fraction of sp³-hybridized carbons (Fsp3) is 0. The van der Waals surface area contributed by atoms with E-state index in [4.69, 9.17) is 4.79 Å². The third kappa shape index (κ3) is 1450. The minimum Gasteiger partial charge on any atom is -0.412 e. The molecular weight excluding hydrogens is 131 g/mol. The van der Waals surface area contributed by atoms with Gasteiger partial charge in [0.2, 0.25) is 0 Å². The van der Waals surface area contributed by atoms with E-state index in [1.807, 2.05) is 6.79 Å². The Balaban J connectivity index is -0.000000000833. The standard InChI is InChI=1S/CH2O.2ClH.2H2O/c1-2;;;;/h1H2;2*1H;2*1H2. The molecule has 44 valence electrons. The first-order valence-corrected chi connectivity index (χ1v) is 0.289. The Kier molecular flexibility index (Phi) is 62500. The lowest BCUT2D eigenvalue weighted by atomic mass is 11.9. The topological polar surface area (TPSA) is 80.1 Å². The largest absolute Gasteiger partial charge is 0.412 e. The van der Waals surface area contributed by atoms with Gasteiger partial charge in [-0.2, -0.15) is 0 Å². The second kappa shape index (κ2) is 3110. The van der Waals surface area contributed by atoms with Crippen molar-refractivity contribution in [3.05, 3.63) is 0 Å². The Bertz CT molecular complexity index is 8.75. The lowest BCUT2D eigenvalue weighted by Crippen LogP contribution is -0.925. The minimum atomic E-state index is 0. The fourth-order valence-electron chi connectivity index (χ4n) is 0. The SMILES string of the molecule is C=O.Cl.Cl.O.O. The fourth-order valence-corrected chi connectivity index (χ4v) is 0. The van der Waals surface area contributed by atoms with Crippen molar-refractivity contribution < 1.29 is 15.7 Å². The van der Waals surface area contributed by atoms with Crippen LogP contribution in [0.25, 0.3) is 0 Å². The summed E-state index contributed by atoms with van der Waals surface area (Å²) in [6, 6.07) is 0. The molecule has 4 N–H and O–H groups in total. The molecule has 0 amide bonds. The van der Waals surface area contributed by atoms with Crippen molar-refractivity contribution >= 4 is 31.6 Å². The van der Waals surface area contributed by atoms with Crippen LogP contribution < -0.4 is 0 Å². The molecule has 0 aromatic heterocycles. The molecule has 0 aromatic carbocycles. The van der Waals surface area contributed by atoms with Gasteiger partial charge in [0.25, 0.3) is 0 Å². The van der Waals surface area contributed by atoms with Crippen molar-refractivity contribution in [2.75, 3.05) is 0 Å². The van der Waals surface area contributed by atoms with Gasteiger partial charge >= 0.3 is 0 Å². The van der Waals surface area contributed by atoms with Crippen LogP contribution in [-0.4, -0.2) is 17.7 Å². The molecular formula is CH8Cl2O3. The van der Waals surface area contributed by atoms with Crippen molar-refractivity contribution in [3.63, 3.8) is 0 Å². The van der Waals surface area contributed by atoms with E-state index in [0.29, 0.717) is 0 Å². The second-order valence-electron chi connectivity index (χ2n) is 0. The van der Waals surface area contributed by atoms with Crippen LogP contribution in [0.4, 0.5) is 0 Å². The lowest BCUT2D eigenvalue weighted by molar-refractivity contribution is -0.0979. The van der Waals surface area contributed by atoms with E-state index in [0.717, 1.165) is 0 Å². The molecule has 0 heterocycles. The normalized spacial score (nSPS) is 0.667. The molecule has 5 heteroatoms. The highest BCUT2D eigenvalue weighted by Crippen LogP contribution is 0.691. The summed E-state index contributed by atoms with van der Waals surface area (Å²) in [7, 11) is 0. The third-order valence-corrected chi connectivity index (χ3v) is 0. The summed E-state index contributed by atoms with van der Waals surface area (Å²) in [5, 5.41) is 0. The van der Waals surface area contributed by atoms with Crippen LogP contribution in [0, 0.1) is 0 Å². The average molecular weight is 139 g/mol. The number of hydrogen-bond acceptors (Lipinski definition) is 1. The van der Waals surface area contributed by atoms with Crippen molar-refractivity contribution in [3.8, 4) is 0 Å². The van der Waals surface area contributed by atoms with Gasteiger partial charge in [-0.15, -0.1) is 24.8 Å². The lowest BCUT2D eigenvalue weighted by Gasteiger charge is -0.837. The molecule has 0 unspecified atom stereocenters. The molecule has 0 aliphatic rings. The van der Waals surface area contributed by atoms with Crippen LogP contribution in [0.2, 0.25) is 0 Å². The Morgan fingerprint density at radius 3 is 0.833 bits per heavy atom. The predicted octanol–water partition coefficient (Wildman–Crippen LogP) is -0.991. The molecule has 0 aliphatic heterocycles. The zero-order valence-electron chi connectivity index (χ0n) is 2.93. The number of carbonyl (C=O) groups is 1. The molecule has 0 aromatic rings. The van der Waals surface area contributed by atoms with Crippen LogP contribution in [0.5, 0.6) is 0 Å². The first-order chi connectivity index (χ1) is 1.00. The summed E-state index contributed by atoms with van der Waals surface area (Å²) >= 11 is 0. The zero-order valence-corrected chi connectivity index (χ0v) is 4.56. The maximum Gasteiger partial charge on any atom is 0.106 e. The van der Waals surface area contributed by atoms with Gasteiger partial charge in [0.05, 0.1) is 0 Å². The highest BCUT2D eigenvalue weighted by atomic mass is 35.5. The molecule has 0 fully saturated rings. The molecule has 0 atom stereocenters. The van der Waals surface area contributed by atoms with E-state index < -0.39 is 0 Å². The quantitative estimate of drug-likeness (QED) is 0.424. The summed E-state index contributed by atoms with van der Waals surface area (Å²) in [5.74, 6) is 0. The summed E-state index contributed by atoms with van der Waals surface area (Å²) < 4.78 is 0. The van der Waals surface area contributed by atoms with Crippen molar-refractivity contribution in [2.24, 2.45) is 0 Å². The van der Waals surface area contributed by atoms with Crippen LogP contribution in [0.15, 0.2) is 0 Å². The molecule has 0 saturated carbocycles. The van der Waals surface area contributed by atoms with Gasteiger partial charge in [-0.1, -0.05) is 0 Å². The van der Waals surface area contributed by atoms with Crippen molar-refractivity contribution in [2.45, 2.75) is 0 Å². The predicted molar refractivity (Wildman–Crippen MR) is 28.8 cm³/mol. The smallest absolute Gasteiger partial charge is 0.106 e.